The van der Waals surface area contributed by atoms with Gasteiger partial charge in [0, 0.05) is 13.2 Å². The zero-order chi connectivity index (χ0) is 12.1. The van der Waals surface area contributed by atoms with Gasteiger partial charge in [-0.1, -0.05) is 0 Å². The van der Waals surface area contributed by atoms with Gasteiger partial charge in [-0.2, -0.15) is 0 Å². The fourth-order valence-electron chi connectivity index (χ4n) is 0.580. The quantitative estimate of drug-likeness (QED) is 0.599. The van der Waals surface area contributed by atoms with Crippen molar-refractivity contribution in [2.45, 2.75) is 20.8 Å². The molecule has 6 nitrogen and oxygen atoms in total. The van der Waals surface area contributed by atoms with Gasteiger partial charge in [0.05, 0.1) is 0 Å². The Balaban J connectivity index is 0. The molecule has 0 atom stereocenters. The Hall–Kier alpha value is 0.748. The van der Waals surface area contributed by atoms with E-state index in [2.05, 4.69) is 3.32 Å². The summed E-state index contributed by atoms with van der Waals surface area (Å²) in [4.78, 5) is 0. The molecule has 0 aliphatic rings. The summed E-state index contributed by atoms with van der Waals surface area (Å²) >= 11 is -3.13. The van der Waals surface area contributed by atoms with Crippen LogP contribution in [0.15, 0.2) is 0 Å². The first-order valence-electron chi connectivity index (χ1n) is 4.73. The molecule has 0 aromatic heterocycles. The SMILES string of the molecule is CCO[SiH](O[SiH3])OCC.CC[O][Ti](=[O])[OH]. The third-order valence-electron chi connectivity index (χ3n) is 1.07. The first-order valence-corrected chi connectivity index (χ1v) is 8.94. The number of rotatable bonds is 7. The van der Waals surface area contributed by atoms with Gasteiger partial charge < -0.3 is 13.0 Å². The van der Waals surface area contributed by atoms with Gasteiger partial charge in [-0.15, -0.1) is 0 Å². The minimum absolute atomic E-state index is 0.343. The van der Waals surface area contributed by atoms with Crippen molar-refractivity contribution >= 4 is 20.0 Å². The molecule has 1 N–H and O–H groups in total. The molecule has 0 bridgehead atoms. The summed E-state index contributed by atoms with van der Waals surface area (Å²) in [5, 5.41) is 0. The summed E-state index contributed by atoms with van der Waals surface area (Å²) in [5.41, 5.74) is 0. The minimum atomic E-state index is -3.13. The molecule has 0 saturated carbocycles. The van der Waals surface area contributed by atoms with E-state index < -0.39 is 28.1 Å². The van der Waals surface area contributed by atoms with E-state index in [9.17, 15) is 3.32 Å². The molecule has 0 heterocycles. The molecule has 92 valence electrons. The molecule has 0 amide bonds. The molecule has 0 aromatic carbocycles. The van der Waals surface area contributed by atoms with Crippen LogP contribution in [-0.2, 0) is 38.2 Å². The Labute approximate surface area is 102 Å². The molecule has 0 spiro atoms. The van der Waals surface area contributed by atoms with E-state index in [1.165, 1.54) is 0 Å². The van der Waals surface area contributed by atoms with Gasteiger partial charge in [-0.3, -0.25) is 0 Å². The van der Waals surface area contributed by atoms with Crippen LogP contribution in [0.25, 0.3) is 0 Å². The molecular weight excluding hydrogens is 272 g/mol. The van der Waals surface area contributed by atoms with Crippen LogP contribution in [0.4, 0.5) is 0 Å². The van der Waals surface area contributed by atoms with E-state index in [1.54, 1.807) is 6.92 Å². The third kappa shape index (κ3) is 17.4. The van der Waals surface area contributed by atoms with Crippen LogP contribution in [0.2, 0.25) is 0 Å². The van der Waals surface area contributed by atoms with Gasteiger partial charge in [0.2, 0.25) is 0 Å². The molecule has 0 unspecified atom stereocenters. The van der Waals surface area contributed by atoms with Gasteiger partial charge in [-0.05, 0) is 13.8 Å². The summed E-state index contributed by atoms with van der Waals surface area (Å²) in [6.45, 7) is 7.30. The molecule has 0 aliphatic heterocycles. The van der Waals surface area contributed by atoms with E-state index in [-0.39, 0.29) is 0 Å². The van der Waals surface area contributed by atoms with Crippen LogP contribution < -0.4 is 0 Å². The van der Waals surface area contributed by atoms with Crippen molar-refractivity contribution in [3.63, 3.8) is 0 Å². The molecule has 0 rings (SSSR count). The standard InChI is InChI=1S/C4H14O3Si2.C2H5O.H2O.O.Ti/c1-3-5-9(7-8)6-4-2;1-2-3;;;/h9H,3-4H2,1-2,8H3;2H2,1H3;1H2;;/q;-1;;;+2/p-1. The van der Waals surface area contributed by atoms with Crippen molar-refractivity contribution in [3.05, 3.63) is 0 Å². The van der Waals surface area contributed by atoms with E-state index >= 15 is 0 Å². The molecular formula is C6H20O6Si2Ti. The van der Waals surface area contributed by atoms with Crippen molar-refractivity contribution in [1.82, 2.24) is 0 Å². The normalized spacial score (nSPS) is 9.93. The monoisotopic (exact) mass is 292 g/mol. The first kappa shape index (κ1) is 18.1. The second kappa shape index (κ2) is 14.7. The Kier molecular flexibility index (Phi) is 17.8. The van der Waals surface area contributed by atoms with Crippen molar-refractivity contribution in [3.8, 4) is 0 Å². The van der Waals surface area contributed by atoms with Gasteiger partial charge in [0.15, 0.2) is 0 Å². The Morgan fingerprint density at radius 2 is 1.67 bits per heavy atom. The topological polar surface area (TPSA) is 74.2 Å². The van der Waals surface area contributed by atoms with Gasteiger partial charge in [0.25, 0.3) is 0 Å². The molecule has 0 saturated heterocycles. The van der Waals surface area contributed by atoms with Crippen LogP contribution in [-0.4, -0.2) is 43.5 Å². The summed E-state index contributed by atoms with van der Waals surface area (Å²) < 4.78 is 37.2. The molecule has 15 heavy (non-hydrogen) atoms. The molecule has 0 aromatic rings. The fraction of sp³-hybridized carbons (Fsp3) is 1.00. The van der Waals surface area contributed by atoms with E-state index in [1.807, 2.05) is 13.8 Å². The van der Waals surface area contributed by atoms with Crippen molar-refractivity contribution in [1.29, 1.82) is 0 Å². The number of hydrogen-bond acceptors (Lipinski definition) is 5. The third-order valence-corrected chi connectivity index (χ3v) is 4.65. The second-order valence-corrected chi connectivity index (χ2v) is 6.54. The number of hydrogen-bond donors (Lipinski definition) is 1. The zero-order valence-electron chi connectivity index (χ0n) is 9.69. The van der Waals surface area contributed by atoms with Crippen LogP contribution in [0.3, 0.4) is 0 Å². The molecule has 0 radical (unpaired) electrons. The maximum absolute atomic E-state index is 9.63. The Morgan fingerprint density at radius 1 is 1.20 bits per heavy atom. The summed E-state index contributed by atoms with van der Waals surface area (Å²) in [6.07, 6.45) is 0. The Morgan fingerprint density at radius 3 is 1.80 bits per heavy atom. The van der Waals surface area contributed by atoms with Gasteiger partial charge in [-0.25, -0.2) is 0 Å². The molecule has 0 aliphatic carbocycles. The van der Waals surface area contributed by atoms with E-state index in [0.29, 0.717) is 30.3 Å². The van der Waals surface area contributed by atoms with Crippen molar-refractivity contribution in [2.24, 2.45) is 0 Å². The van der Waals surface area contributed by atoms with Crippen molar-refractivity contribution < 1.29 is 41.9 Å². The summed E-state index contributed by atoms with van der Waals surface area (Å²) in [6, 6.07) is 0. The van der Waals surface area contributed by atoms with E-state index in [0.717, 1.165) is 0 Å². The second-order valence-electron chi connectivity index (χ2n) is 2.13. The van der Waals surface area contributed by atoms with Crippen molar-refractivity contribution in [2.75, 3.05) is 19.8 Å². The molecule has 0 fully saturated rings. The average Bonchev–Trinajstić information content (AvgIpc) is 2.18. The summed E-state index contributed by atoms with van der Waals surface area (Å²) in [7, 11) is -0.939. The van der Waals surface area contributed by atoms with Crippen LogP contribution in [0.1, 0.15) is 20.8 Å². The van der Waals surface area contributed by atoms with Gasteiger partial charge >= 0.3 is 52.0 Å². The maximum atomic E-state index is 9.63. The first-order chi connectivity index (χ1) is 7.12. The zero-order valence-corrected chi connectivity index (χ0v) is 14.4. The van der Waals surface area contributed by atoms with Gasteiger partial charge in [0.1, 0.15) is 10.5 Å². The molecule has 9 heteroatoms. The van der Waals surface area contributed by atoms with Crippen LogP contribution in [0.5, 0.6) is 0 Å². The predicted molar refractivity (Wildman–Crippen MR) is 56.0 cm³/mol. The average molecular weight is 292 g/mol. The van der Waals surface area contributed by atoms with Crippen LogP contribution >= 0.6 is 0 Å². The predicted octanol–water partition coefficient (Wildman–Crippen LogP) is -1.12. The summed E-state index contributed by atoms with van der Waals surface area (Å²) in [5.74, 6) is 0. The van der Waals surface area contributed by atoms with E-state index in [4.69, 9.17) is 16.7 Å². The Bertz CT molecular complexity index is 144. The fourth-order valence-corrected chi connectivity index (χ4v) is 2.69. The van der Waals surface area contributed by atoms with Crippen LogP contribution in [0, 0.1) is 0 Å².